The Morgan fingerprint density at radius 1 is 0.746 bits per heavy atom. The van der Waals surface area contributed by atoms with E-state index in [1.165, 1.54) is 29.2 Å². The number of nitrogens with one attached hydrogen (secondary N) is 1. The van der Waals surface area contributed by atoms with Crippen LogP contribution in [0.15, 0.2) is 127 Å². The highest BCUT2D eigenvalue weighted by Gasteiger charge is 2.59. The molecule has 1 saturated heterocycles. The van der Waals surface area contributed by atoms with E-state index in [-0.39, 0.29) is 39.0 Å². The van der Waals surface area contributed by atoms with Crippen LogP contribution in [0.25, 0.3) is 0 Å². The van der Waals surface area contributed by atoms with Crippen molar-refractivity contribution in [2.45, 2.75) is 89.6 Å². The number of thiocarbonyl (C=S) groups is 1. The Bertz CT molecular complexity index is 2390. The molecule has 0 radical (unpaired) electrons. The first-order valence-corrected chi connectivity index (χ1v) is 23.9. The van der Waals surface area contributed by atoms with Crippen LogP contribution in [0.1, 0.15) is 78.2 Å². The van der Waals surface area contributed by atoms with Gasteiger partial charge in [-0.3, -0.25) is 9.69 Å². The van der Waals surface area contributed by atoms with Gasteiger partial charge in [0, 0.05) is 5.70 Å². The van der Waals surface area contributed by atoms with E-state index in [1.54, 1.807) is 106 Å². The Labute approximate surface area is 373 Å². The smallest absolute Gasteiger partial charge is 0.338 e. The predicted molar refractivity (Wildman–Crippen MR) is 240 cm³/mol. The van der Waals surface area contributed by atoms with Crippen LogP contribution in [0.5, 0.6) is 5.75 Å². The second kappa shape index (κ2) is 19.1. The molecule has 2 heterocycles. The van der Waals surface area contributed by atoms with E-state index in [0.29, 0.717) is 17.0 Å². The quantitative estimate of drug-likeness (QED) is 0.0599. The maximum atomic E-state index is 15.6. The van der Waals surface area contributed by atoms with Crippen molar-refractivity contribution in [1.29, 1.82) is 0 Å². The molecule has 5 atom stereocenters. The fraction of sp³-hybridized carbons (Fsp3) is 0.333. The molecule has 0 spiro atoms. The Morgan fingerprint density at radius 3 is 1.79 bits per heavy atom. The molecule has 6 rings (SSSR count). The summed E-state index contributed by atoms with van der Waals surface area (Å²) in [5.74, 6) is -3.47. The zero-order chi connectivity index (χ0) is 45.7. The molecule has 0 saturated carbocycles. The maximum absolute atomic E-state index is 15.6. The topological polar surface area (TPSA) is 156 Å². The third-order valence-electron chi connectivity index (χ3n) is 11.5. The number of allylic oxidation sites excluding steroid dienone is 1. The van der Waals surface area contributed by atoms with Crippen LogP contribution in [0.4, 0.5) is 0 Å². The average molecular weight is 893 g/mol. The lowest BCUT2D eigenvalue weighted by atomic mass is 9.79. The third kappa shape index (κ3) is 9.90. The summed E-state index contributed by atoms with van der Waals surface area (Å²) in [6.45, 7) is 15.0. The molecule has 1 amide bonds. The minimum atomic E-state index is -2.39. The summed E-state index contributed by atoms with van der Waals surface area (Å²) in [6.07, 6.45) is -6.26. The van der Waals surface area contributed by atoms with Crippen molar-refractivity contribution in [3.05, 3.63) is 149 Å². The van der Waals surface area contributed by atoms with Crippen molar-refractivity contribution in [3.63, 3.8) is 0 Å². The fourth-order valence-corrected chi connectivity index (χ4v) is 8.67. The van der Waals surface area contributed by atoms with Gasteiger partial charge in [-0.1, -0.05) is 87.5 Å². The number of amides is 1. The van der Waals surface area contributed by atoms with Crippen LogP contribution in [-0.4, -0.2) is 85.7 Å². The molecule has 0 aromatic heterocycles. The number of benzene rings is 4. The standard InChI is InChI=1S/C48H52N2O11SSi/c1-9-56-45(55)37-30(2)49-46(62)50(48(37,6)34-26-19-27-35(28-34)61-63(7,8)47(3,4)5)41(51)40-39(60-44(54)33-24-17-12-18-25-33)38(59-43(53)32-22-15-11-16-23-32)36(58-40)29-57-42(52)31-20-13-10-14-21-31/h10-28,36,38-40H,9,29H2,1-8H3,(H,49,62)/t36-,38-,39-,40-,48-/m1/s1. The van der Waals surface area contributed by atoms with E-state index >= 15 is 4.79 Å². The van der Waals surface area contributed by atoms with Gasteiger partial charge in [-0.2, -0.15) is 0 Å². The summed E-state index contributed by atoms with van der Waals surface area (Å²) in [5.41, 5.74) is -0.330. The summed E-state index contributed by atoms with van der Waals surface area (Å²) in [7, 11) is -2.39. The SMILES string of the molecule is CCOC(=O)C1=C(C)NC(=S)N(C(=O)[C@@H]2O[C@H](COC(=O)c3ccccc3)[C@@H](OC(=O)c3ccccc3)[C@H]2OC(=O)c2ccccc2)[C@]1(C)c1cccc(O[Si](C)(C)C(C)(C)C)c1. The molecule has 63 heavy (non-hydrogen) atoms. The minimum absolute atomic E-state index is 0.0275. The second-order valence-electron chi connectivity index (χ2n) is 16.8. The number of hydrogen-bond acceptors (Lipinski definition) is 12. The second-order valence-corrected chi connectivity index (χ2v) is 21.9. The molecule has 0 unspecified atom stereocenters. The van der Waals surface area contributed by atoms with Crippen molar-refractivity contribution in [3.8, 4) is 5.75 Å². The number of nitrogens with zero attached hydrogens (tertiary/aromatic N) is 1. The number of ether oxygens (including phenoxy) is 5. The maximum Gasteiger partial charge on any atom is 0.338 e. The van der Waals surface area contributed by atoms with Crippen LogP contribution in [-0.2, 0) is 38.8 Å². The highest BCUT2D eigenvalue weighted by atomic mass is 32.1. The Kier molecular flexibility index (Phi) is 14.0. The van der Waals surface area contributed by atoms with Gasteiger partial charge < -0.3 is 33.4 Å². The Morgan fingerprint density at radius 2 is 1.27 bits per heavy atom. The van der Waals surface area contributed by atoms with Crippen LogP contribution in [0.2, 0.25) is 18.1 Å². The zero-order valence-corrected chi connectivity index (χ0v) is 38.4. The van der Waals surface area contributed by atoms with Gasteiger partial charge in [0.1, 0.15) is 24.0 Å². The van der Waals surface area contributed by atoms with Crippen molar-refractivity contribution in [2.75, 3.05) is 13.2 Å². The fourth-order valence-electron chi connectivity index (χ4n) is 7.22. The van der Waals surface area contributed by atoms with E-state index in [4.69, 9.17) is 40.3 Å². The number of carbonyl (C=O) groups excluding carboxylic acids is 5. The first-order chi connectivity index (χ1) is 29.9. The molecule has 13 nitrogen and oxygen atoms in total. The van der Waals surface area contributed by atoms with E-state index < -0.39 is 74.7 Å². The lowest BCUT2D eigenvalue weighted by molar-refractivity contribution is -0.149. The molecule has 2 aliphatic heterocycles. The van der Waals surface area contributed by atoms with Gasteiger partial charge >= 0.3 is 23.9 Å². The predicted octanol–water partition coefficient (Wildman–Crippen LogP) is 7.92. The number of rotatable bonds is 13. The van der Waals surface area contributed by atoms with Crippen molar-refractivity contribution >= 4 is 55.4 Å². The Balaban J connectivity index is 1.48. The van der Waals surface area contributed by atoms with Gasteiger partial charge in [-0.25, -0.2) is 19.2 Å². The molecule has 330 valence electrons. The summed E-state index contributed by atoms with van der Waals surface area (Å²) in [6, 6.07) is 31.4. The number of esters is 4. The molecule has 0 aliphatic carbocycles. The first kappa shape index (κ1) is 46.3. The highest BCUT2D eigenvalue weighted by molar-refractivity contribution is 7.80. The normalized spacial score (nSPS) is 21.2. The average Bonchev–Trinajstić information content (AvgIpc) is 3.58. The molecular weight excluding hydrogens is 841 g/mol. The van der Waals surface area contributed by atoms with Crippen molar-refractivity contribution in [2.24, 2.45) is 0 Å². The first-order valence-electron chi connectivity index (χ1n) is 20.6. The Hall–Kier alpha value is -6.16. The summed E-state index contributed by atoms with van der Waals surface area (Å²) < 4.78 is 36.7. The van der Waals surface area contributed by atoms with E-state index in [0.717, 1.165) is 0 Å². The van der Waals surface area contributed by atoms with E-state index in [2.05, 4.69) is 39.2 Å². The van der Waals surface area contributed by atoms with Gasteiger partial charge in [-0.05, 0) is 105 Å². The van der Waals surface area contributed by atoms with Crippen LogP contribution in [0, 0.1) is 0 Å². The van der Waals surface area contributed by atoms with E-state index in [9.17, 15) is 19.2 Å². The van der Waals surface area contributed by atoms with Crippen molar-refractivity contribution < 1.29 is 52.1 Å². The molecule has 15 heteroatoms. The number of hydrogen-bond donors (Lipinski definition) is 1. The lowest BCUT2D eigenvalue weighted by Gasteiger charge is -2.47. The lowest BCUT2D eigenvalue weighted by Crippen LogP contribution is -2.63. The molecule has 0 bridgehead atoms. The van der Waals surface area contributed by atoms with Gasteiger partial charge in [0.05, 0.1) is 28.9 Å². The summed E-state index contributed by atoms with van der Waals surface area (Å²) >= 11 is 5.94. The molecular formula is C48H52N2O11SSi. The monoisotopic (exact) mass is 892 g/mol. The van der Waals surface area contributed by atoms with Gasteiger partial charge in [0.2, 0.25) is 8.32 Å². The van der Waals surface area contributed by atoms with Crippen LogP contribution >= 0.6 is 12.2 Å². The molecule has 2 aliphatic rings. The van der Waals surface area contributed by atoms with Gasteiger partial charge in [-0.15, -0.1) is 0 Å². The van der Waals surface area contributed by atoms with E-state index in [1.807, 2.05) is 6.07 Å². The van der Waals surface area contributed by atoms with Crippen LogP contribution in [0.3, 0.4) is 0 Å². The third-order valence-corrected chi connectivity index (χ3v) is 16.2. The van der Waals surface area contributed by atoms with Gasteiger partial charge in [0.25, 0.3) is 5.91 Å². The zero-order valence-electron chi connectivity index (χ0n) is 36.5. The molecule has 4 aromatic rings. The van der Waals surface area contributed by atoms with Gasteiger partial charge in [0.15, 0.2) is 23.4 Å². The highest BCUT2D eigenvalue weighted by Crippen LogP contribution is 2.45. The minimum Gasteiger partial charge on any atom is -0.543 e. The molecule has 4 aromatic carbocycles. The largest absolute Gasteiger partial charge is 0.543 e. The van der Waals surface area contributed by atoms with Crippen molar-refractivity contribution in [1.82, 2.24) is 10.2 Å². The summed E-state index contributed by atoms with van der Waals surface area (Å²) in [5, 5.41) is 2.74. The van der Waals surface area contributed by atoms with Crippen LogP contribution < -0.4 is 9.74 Å². The molecule has 1 fully saturated rings. The summed E-state index contributed by atoms with van der Waals surface area (Å²) in [4.78, 5) is 72.0. The number of carbonyl (C=O) groups is 5. The molecule has 1 N–H and O–H groups in total.